The summed E-state index contributed by atoms with van der Waals surface area (Å²) in [5.41, 5.74) is 0. The standard InChI is InChI=1S/C9H15N3O3S/c1-16(13,14)6-8-11-9(15-12-8)7-4-2-3-5-10-7/h7,10H,2-6H2,1H3. The number of piperidine rings is 1. The van der Waals surface area contributed by atoms with Crippen molar-refractivity contribution in [3.8, 4) is 0 Å². The van der Waals surface area contributed by atoms with Crippen LogP contribution in [0.2, 0.25) is 0 Å². The second-order valence-corrected chi connectivity index (χ2v) is 6.26. The van der Waals surface area contributed by atoms with E-state index in [1.54, 1.807) is 0 Å². The Hall–Kier alpha value is -0.950. The van der Waals surface area contributed by atoms with Crippen LogP contribution in [0.25, 0.3) is 0 Å². The largest absolute Gasteiger partial charge is 0.338 e. The minimum absolute atomic E-state index is 0.0783. The van der Waals surface area contributed by atoms with Gasteiger partial charge in [0.1, 0.15) is 5.75 Å². The number of nitrogens with zero attached hydrogens (tertiary/aromatic N) is 2. The van der Waals surface area contributed by atoms with Gasteiger partial charge in [-0.25, -0.2) is 8.42 Å². The fourth-order valence-electron chi connectivity index (χ4n) is 1.76. The zero-order chi connectivity index (χ0) is 11.6. The maximum atomic E-state index is 11.0. The predicted octanol–water partition coefficient (Wildman–Crippen LogP) is 0.429. The minimum Gasteiger partial charge on any atom is -0.338 e. The number of nitrogens with one attached hydrogen (secondary N) is 1. The lowest BCUT2D eigenvalue weighted by atomic mass is 10.1. The highest BCUT2D eigenvalue weighted by molar-refractivity contribution is 7.89. The molecule has 1 aromatic rings. The molecule has 0 radical (unpaired) electrons. The molecule has 90 valence electrons. The van der Waals surface area contributed by atoms with E-state index in [9.17, 15) is 8.42 Å². The average molecular weight is 245 g/mol. The molecule has 1 aromatic heterocycles. The summed E-state index contributed by atoms with van der Waals surface area (Å²) in [4.78, 5) is 4.10. The van der Waals surface area contributed by atoms with Crippen LogP contribution in [0.4, 0.5) is 0 Å². The molecule has 1 unspecified atom stereocenters. The molecule has 0 amide bonds. The van der Waals surface area contributed by atoms with Crippen molar-refractivity contribution in [2.75, 3.05) is 12.8 Å². The number of hydrogen-bond donors (Lipinski definition) is 1. The maximum Gasteiger partial charge on any atom is 0.243 e. The first kappa shape index (κ1) is 11.5. The number of sulfone groups is 1. The first-order valence-electron chi connectivity index (χ1n) is 5.28. The summed E-state index contributed by atoms with van der Waals surface area (Å²) in [5, 5.41) is 6.94. The lowest BCUT2D eigenvalue weighted by Gasteiger charge is -2.19. The van der Waals surface area contributed by atoms with Crippen LogP contribution in [-0.2, 0) is 15.6 Å². The van der Waals surface area contributed by atoms with Crippen molar-refractivity contribution in [1.82, 2.24) is 15.5 Å². The summed E-state index contributed by atoms with van der Waals surface area (Å²) in [5.74, 6) is 0.576. The molecule has 6 nitrogen and oxygen atoms in total. The molecule has 0 aromatic carbocycles. The molecule has 16 heavy (non-hydrogen) atoms. The van der Waals surface area contributed by atoms with E-state index in [2.05, 4.69) is 15.5 Å². The highest BCUT2D eigenvalue weighted by Crippen LogP contribution is 2.21. The summed E-state index contributed by atoms with van der Waals surface area (Å²) in [6.07, 6.45) is 4.39. The van der Waals surface area contributed by atoms with Gasteiger partial charge in [-0.3, -0.25) is 0 Å². The van der Waals surface area contributed by atoms with Gasteiger partial charge in [-0.2, -0.15) is 4.98 Å². The van der Waals surface area contributed by atoms with Gasteiger partial charge in [-0.15, -0.1) is 0 Å². The summed E-state index contributed by atoms with van der Waals surface area (Å²) in [6.45, 7) is 0.939. The molecular weight excluding hydrogens is 230 g/mol. The smallest absolute Gasteiger partial charge is 0.243 e. The third kappa shape index (κ3) is 3.02. The Labute approximate surface area is 94.3 Å². The highest BCUT2D eigenvalue weighted by atomic mass is 32.2. The minimum atomic E-state index is -3.10. The Morgan fingerprint density at radius 1 is 1.50 bits per heavy atom. The molecule has 0 saturated carbocycles. The summed E-state index contributed by atoms with van der Waals surface area (Å²) in [7, 11) is -3.10. The Balaban J connectivity index is 2.06. The Kier molecular flexibility index (Phi) is 3.25. The van der Waals surface area contributed by atoms with Gasteiger partial charge in [0.2, 0.25) is 5.89 Å². The van der Waals surface area contributed by atoms with Crippen molar-refractivity contribution in [3.05, 3.63) is 11.7 Å². The average Bonchev–Trinajstić information content (AvgIpc) is 2.65. The van der Waals surface area contributed by atoms with E-state index in [1.165, 1.54) is 0 Å². The predicted molar refractivity (Wildman–Crippen MR) is 57.4 cm³/mol. The van der Waals surface area contributed by atoms with Gasteiger partial charge in [0.15, 0.2) is 15.7 Å². The monoisotopic (exact) mass is 245 g/mol. The summed E-state index contributed by atoms with van der Waals surface area (Å²) in [6, 6.07) is 0.0783. The molecule has 7 heteroatoms. The Bertz CT molecular complexity index is 448. The van der Waals surface area contributed by atoms with Crippen LogP contribution >= 0.6 is 0 Å². The first-order chi connectivity index (χ1) is 7.54. The maximum absolute atomic E-state index is 11.0. The van der Waals surface area contributed by atoms with E-state index < -0.39 is 9.84 Å². The fourth-order valence-corrected chi connectivity index (χ4v) is 2.35. The molecule has 1 fully saturated rings. The van der Waals surface area contributed by atoms with E-state index in [0.29, 0.717) is 5.89 Å². The zero-order valence-corrected chi connectivity index (χ0v) is 9.96. The van der Waals surface area contributed by atoms with Gasteiger partial charge < -0.3 is 9.84 Å². The Morgan fingerprint density at radius 3 is 2.94 bits per heavy atom. The third-order valence-electron chi connectivity index (χ3n) is 2.48. The summed E-state index contributed by atoms with van der Waals surface area (Å²) < 4.78 is 27.2. The van der Waals surface area contributed by atoms with E-state index in [1.807, 2.05) is 0 Å². The molecule has 1 N–H and O–H groups in total. The molecule has 0 spiro atoms. The van der Waals surface area contributed by atoms with Gasteiger partial charge >= 0.3 is 0 Å². The molecular formula is C9H15N3O3S. The summed E-state index contributed by atoms with van der Waals surface area (Å²) >= 11 is 0. The molecule has 1 atom stereocenters. The first-order valence-corrected chi connectivity index (χ1v) is 7.34. The van der Waals surface area contributed by atoms with Gasteiger partial charge in [0.05, 0.1) is 6.04 Å². The van der Waals surface area contributed by atoms with Crippen molar-refractivity contribution in [2.45, 2.75) is 31.1 Å². The molecule has 1 aliphatic heterocycles. The van der Waals surface area contributed by atoms with Crippen LogP contribution in [0, 0.1) is 0 Å². The molecule has 0 bridgehead atoms. The highest BCUT2D eigenvalue weighted by Gasteiger charge is 2.21. The topological polar surface area (TPSA) is 85.1 Å². The van der Waals surface area contributed by atoms with E-state index in [0.717, 1.165) is 32.1 Å². The third-order valence-corrected chi connectivity index (χ3v) is 3.27. The number of rotatable bonds is 3. The van der Waals surface area contributed by atoms with Crippen LogP contribution < -0.4 is 5.32 Å². The normalized spacial score (nSPS) is 22.2. The van der Waals surface area contributed by atoms with Gasteiger partial charge in [0.25, 0.3) is 0 Å². The molecule has 2 heterocycles. The van der Waals surface area contributed by atoms with Crippen LogP contribution in [0.3, 0.4) is 0 Å². The SMILES string of the molecule is CS(=O)(=O)Cc1noc(C2CCCCN2)n1. The van der Waals surface area contributed by atoms with Crippen molar-refractivity contribution in [2.24, 2.45) is 0 Å². The quantitative estimate of drug-likeness (QED) is 0.831. The van der Waals surface area contributed by atoms with Crippen molar-refractivity contribution < 1.29 is 12.9 Å². The van der Waals surface area contributed by atoms with Gasteiger partial charge in [-0.05, 0) is 19.4 Å². The van der Waals surface area contributed by atoms with Crippen LogP contribution in [-0.4, -0.2) is 31.4 Å². The molecule has 1 saturated heterocycles. The second kappa shape index (κ2) is 4.50. The van der Waals surface area contributed by atoms with Crippen LogP contribution in [0.1, 0.15) is 37.0 Å². The van der Waals surface area contributed by atoms with Crippen molar-refractivity contribution >= 4 is 9.84 Å². The molecule has 1 aliphatic rings. The van der Waals surface area contributed by atoms with Gasteiger partial charge in [-0.1, -0.05) is 11.6 Å². The van der Waals surface area contributed by atoms with Crippen molar-refractivity contribution in [3.63, 3.8) is 0 Å². The lowest BCUT2D eigenvalue weighted by molar-refractivity contribution is 0.296. The lowest BCUT2D eigenvalue weighted by Crippen LogP contribution is -2.27. The van der Waals surface area contributed by atoms with E-state index in [-0.39, 0.29) is 17.6 Å². The van der Waals surface area contributed by atoms with Crippen LogP contribution in [0.15, 0.2) is 4.52 Å². The van der Waals surface area contributed by atoms with E-state index >= 15 is 0 Å². The fraction of sp³-hybridized carbons (Fsp3) is 0.778. The molecule has 0 aliphatic carbocycles. The van der Waals surface area contributed by atoms with E-state index in [4.69, 9.17) is 4.52 Å². The van der Waals surface area contributed by atoms with Crippen molar-refractivity contribution in [1.29, 1.82) is 0 Å². The van der Waals surface area contributed by atoms with Gasteiger partial charge in [0, 0.05) is 6.26 Å². The Morgan fingerprint density at radius 2 is 2.31 bits per heavy atom. The zero-order valence-electron chi connectivity index (χ0n) is 9.14. The second-order valence-electron chi connectivity index (χ2n) is 4.12. The number of hydrogen-bond acceptors (Lipinski definition) is 6. The molecule has 2 rings (SSSR count). The number of aromatic nitrogens is 2. The van der Waals surface area contributed by atoms with Crippen LogP contribution in [0.5, 0.6) is 0 Å².